The average molecular weight is 614 g/mol. The summed E-state index contributed by atoms with van der Waals surface area (Å²) < 4.78 is 45.1. The highest BCUT2D eigenvalue weighted by atomic mass is 35.5. The Balaban J connectivity index is 1.27. The number of anilines is 3. The summed E-state index contributed by atoms with van der Waals surface area (Å²) in [6.07, 6.45) is -0.331. The fourth-order valence-corrected chi connectivity index (χ4v) is 5.55. The smallest absolute Gasteiger partial charge is 0.397 e. The maximum Gasteiger partial charge on any atom is 0.417 e. The summed E-state index contributed by atoms with van der Waals surface area (Å²) in [5.41, 5.74) is 7.37. The van der Waals surface area contributed by atoms with E-state index in [1.54, 1.807) is 54.6 Å². The van der Waals surface area contributed by atoms with E-state index in [0.29, 0.717) is 42.7 Å². The predicted molar refractivity (Wildman–Crippen MR) is 161 cm³/mol. The molecule has 0 saturated carbocycles. The normalized spacial score (nSPS) is 19.1. The number of likely N-dealkylation sites (tertiary alicyclic amines) is 1. The molecule has 2 fully saturated rings. The van der Waals surface area contributed by atoms with E-state index in [-0.39, 0.29) is 17.7 Å². The molecule has 0 spiro atoms. The Labute approximate surface area is 252 Å². The Morgan fingerprint density at radius 3 is 2.51 bits per heavy atom. The van der Waals surface area contributed by atoms with Crippen molar-refractivity contribution in [1.29, 1.82) is 0 Å². The van der Waals surface area contributed by atoms with E-state index in [4.69, 9.17) is 22.1 Å². The summed E-state index contributed by atoms with van der Waals surface area (Å²) in [4.78, 5) is 28.1. The van der Waals surface area contributed by atoms with Crippen molar-refractivity contribution in [3.63, 3.8) is 0 Å². The van der Waals surface area contributed by atoms with Gasteiger partial charge in [0.1, 0.15) is 6.04 Å². The molecule has 2 amide bonds. The molecule has 5 N–H and O–H groups in total. The molecule has 43 heavy (non-hydrogen) atoms. The largest absolute Gasteiger partial charge is 0.417 e. The zero-order valence-corrected chi connectivity index (χ0v) is 23.8. The van der Waals surface area contributed by atoms with Gasteiger partial charge in [0, 0.05) is 37.4 Å². The molecule has 2 saturated heterocycles. The molecular weight excluding hydrogens is 583 g/mol. The van der Waals surface area contributed by atoms with Gasteiger partial charge in [-0.15, -0.1) is 0 Å². The Morgan fingerprint density at radius 2 is 1.86 bits per heavy atom. The number of para-hydroxylation sites is 2. The highest BCUT2D eigenvalue weighted by molar-refractivity contribution is 6.31. The third-order valence-corrected chi connectivity index (χ3v) is 7.79. The van der Waals surface area contributed by atoms with Gasteiger partial charge in [0.25, 0.3) is 0 Å². The minimum absolute atomic E-state index is 0.147. The lowest BCUT2D eigenvalue weighted by Crippen LogP contribution is -2.43. The van der Waals surface area contributed by atoms with Crippen molar-refractivity contribution >= 4 is 46.6 Å². The molecule has 3 atom stereocenters. The maximum absolute atomic E-state index is 13.4. The lowest BCUT2D eigenvalue weighted by molar-refractivity contribution is -0.137. The Morgan fingerprint density at radius 1 is 1.09 bits per heavy atom. The first-order valence-corrected chi connectivity index (χ1v) is 14.1. The number of amides is 2. The van der Waals surface area contributed by atoms with Crippen LogP contribution in [0.5, 0.6) is 0 Å². The summed E-state index contributed by atoms with van der Waals surface area (Å²) in [7, 11) is 0. The van der Waals surface area contributed by atoms with Gasteiger partial charge >= 0.3 is 6.18 Å². The van der Waals surface area contributed by atoms with Crippen LogP contribution in [-0.4, -0.2) is 55.1 Å². The van der Waals surface area contributed by atoms with E-state index in [9.17, 15) is 22.8 Å². The molecule has 2 bridgehead atoms. The number of rotatable bonds is 10. The monoisotopic (exact) mass is 613 g/mol. The molecule has 0 aromatic heterocycles. The standard InChI is InChI=1S/C31H31ClF3N5O3/c32-25-15-21(10-11-24(25)31(33,34)35)38-30(42)29(37-13-14-40-17-23-16-22(40)18-43-23)20-8-5-19(6-9-20)7-12-28(41)39-27-4-2-1-3-26(27)36/h1-12,15,22-23,29,37H,13-14,16-18,36H2,(H,38,42)(H,39,41)/b12-7+. The number of fused-ring (bicyclic) bond motifs is 2. The molecule has 0 radical (unpaired) electrons. The van der Waals surface area contributed by atoms with Crippen molar-refractivity contribution in [3.8, 4) is 0 Å². The number of benzene rings is 3. The summed E-state index contributed by atoms with van der Waals surface area (Å²) >= 11 is 5.86. The van der Waals surface area contributed by atoms with Gasteiger partial charge in [-0.1, -0.05) is 48.0 Å². The molecule has 2 aliphatic heterocycles. The second-order valence-corrected chi connectivity index (χ2v) is 10.9. The number of carbonyl (C=O) groups is 2. The Hall–Kier alpha value is -3.90. The summed E-state index contributed by atoms with van der Waals surface area (Å²) in [6.45, 7) is 2.76. The average Bonchev–Trinajstić information content (AvgIpc) is 3.59. The predicted octanol–water partition coefficient (Wildman–Crippen LogP) is 5.34. The van der Waals surface area contributed by atoms with E-state index in [1.165, 1.54) is 12.1 Å². The SMILES string of the molecule is Nc1ccccc1NC(=O)/C=C/c1ccc(C(NCCN2CC3CC2CO3)C(=O)Nc2ccc(C(F)(F)F)c(Cl)c2)cc1. The van der Waals surface area contributed by atoms with Crippen molar-refractivity contribution < 1.29 is 27.5 Å². The molecule has 3 aromatic carbocycles. The quantitative estimate of drug-likeness (QED) is 0.182. The number of hydrogen-bond donors (Lipinski definition) is 4. The third-order valence-electron chi connectivity index (χ3n) is 7.48. The number of nitrogen functional groups attached to an aromatic ring is 1. The summed E-state index contributed by atoms with van der Waals surface area (Å²) in [5, 5.41) is 8.20. The molecular formula is C31H31ClF3N5O3. The molecule has 226 valence electrons. The van der Waals surface area contributed by atoms with Crippen LogP contribution < -0.4 is 21.7 Å². The Bertz CT molecular complexity index is 1500. The van der Waals surface area contributed by atoms with Crippen LogP contribution in [0, 0.1) is 0 Å². The van der Waals surface area contributed by atoms with Gasteiger partial charge in [-0.05, 0) is 54.0 Å². The van der Waals surface area contributed by atoms with Crippen LogP contribution >= 0.6 is 11.6 Å². The second kappa shape index (κ2) is 13.2. The minimum Gasteiger partial charge on any atom is -0.397 e. The second-order valence-electron chi connectivity index (χ2n) is 10.5. The molecule has 8 nitrogen and oxygen atoms in total. The van der Waals surface area contributed by atoms with Gasteiger partial charge < -0.3 is 26.4 Å². The molecule has 5 rings (SSSR count). The van der Waals surface area contributed by atoms with Crippen molar-refractivity contribution in [2.45, 2.75) is 30.8 Å². The van der Waals surface area contributed by atoms with Crippen LogP contribution in [0.4, 0.5) is 30.2 Å². The number of nitrogens with zero attached hydrogens (tertiary/aromatic N) is 1. The lowest BCUT2D eigenvalue weighted by atomic mass is 10.0. The number of halogens is 4. The molecule has 12 heteroatoms. The lowest BCUT2D eigenvalue weighted by Gasteiger charge is -2.27. The summed E-state index contributed by atoms with van der Waals surface area (Å²) in [5.74, 6) is -0.803. The van der Waals surface area contributed by atoms with E-state index >= 15 is 0 Å². The van der Waals surface area contributed by atoms with Gasteiger partial charge in [0.2, 0.25) is 11.8 Å². The number of nitrogens with two attached hydrogens (primary N) is 1. The van der Waals surface area contributed by atoms with Crippen LogP contribution in [-0.2, 0) is 20.5 Å². The van der Waals surface area contributed by atoms with Gasteiger partial charge in [-0.2, -0.15) is 13.2 Å². The molecule has 2 heterocycles. The van der Waals surface area contributed by atoms with Crippen molar-refractivity contribution in [1.82, 2.24) is 10.2 Å². The Kier molecular flexibility index (Phi) is 9.36. The molecule has 3 aromatic rings. The van der Waals surface area contributed by atoms with E-state index in [2.05, 4.69) is 20.9 Å². The van der Waals surface area contributed by atoms with Crippen LogP contribution in [0.25, 0.3) is 6.08 Å². The van der Waals surface area contributed by atoms with Crippen LogP contribution in [0.15, 0.2) is 72.8 Å². The zero-order valence-electron chi connectivity index (χ0n) is 23.0. The first-order valence-electron chi connectivity index (χ1n) is 13.8. The maximum atomic E-state index is 13.4. The fraction of sp³-hybridized carbons (Fsp3) is 0.290. The van der Waals surface area contributed by atoms with Crippen molar-refractivity contribution in [2.24, 2.45) is 0 Å². The van der Waals surface area contributed by atoms with E-state index in [0.717, 1.165) is 30.7 Å². The molecule has 3 unspecified atom stereocenters. The van der Waals surface area contributed by atoms with Gasteiger partial charge in [0.05, 0.1) is 34.7 Å². The number of carbonyl (C=O) groups excluding carboxylic acids is 2. The first-order chi connectivity index (χ1) is 20.6. The van der Waals surface area contributed by atoms with E-state index < -0.39 is 28.7 Å². The number of nitrogens with one attached hydrogen (secondary N) is 3. The minimum atomic E-state index is -4.60. The fourth-order valence-electron chi connectivity index (χ4n) is 5.26. The van der Waals surface area contributed by atoms with Crippen molar-refractivity contribution in [2.75, 3.05) is 42.6 Å². The molecule has 2 aliphatic rings. The number of hydrogen-bond acceptors (Lipinski definition) is 6. The number of ether oxygens (including phenoxy) is 1. The number of alkyl halides is 3. The third kappa shape index (κ3) is 7.74. The van der Waals surface area contributed by atoms with Gasteiger partial charge in [-0.25, -0.2) is 0 Å². The highest BCUT2D eigenvalue weighted by Crippen LogP contribution is 2.36. The van der Waals surface area contributed by atoms with E-state index in [1.807, 2.05) is 0 Å². The molecule has 0 aliphatic carbocycles. The zero-order chi connectivity index (χ0) is 30.6. The van der Waals surface area contributed by atoms with Gasteiger partial charge in [0.15, 0.2) is 0 Å². The van der Waals surface area contributed by atoms with Gasteiger partial charge in [-0.3, -0.25) is 14.5 Å². The summed E-state index contributed by atoms with van der Waals surface area (Å²) in [6, 6.07) is 16.7. The first kappa shape index (κ1) is 30.6. The van der Waals surface area contributed by atoms with Crippen LogP contribution in [0.3, 0.4) is 0 Å². The van der Waals surface area contributed by atoms with Crippen LogP contribution in [0.1, 0.15) is 29.2 Å². The van der Waals surface area contributed by atoms with Crippen molar-refractivity contribution in [3.05, 3.63) is 94.5 Å². The topological polar surface area (TPSA) is 109 Å². The highest BCUT2D eigenvalue weighted by Gasteiger charge is 2.38. The number of morpholine rings is 1. The van der Waals surface area contributed by atoms with Crippen LogP contribution in [0.2, 0.25) is 5.02 Å².